The Hall–Kier alpha value is -0.520. The molecule has 0 spiro atoms. The van der Waals surface area contributed by atoms with Crippen LogP contribution >= 0.6 is 11.8 Å². The molecule has 0 saturated carbocycles. The van der Waals surface area contributed by atoms with Gasteiger partial charge < -0.3 is 10.4 Å². The lowest BCUT2D eigenvalue weighted by molar-refractivity contribution is 0.0674. The van der Waals surface area contributed by atoms with E-state index in [0.717, 1.165) is 30.2 Å². The van der Waals surface area contributed by atoms with Crippen LogP contribution in [0.4, 0.5) is 0 Å². The van der Waals surface area contributed by atoms with Gasteiger partial charge in [-0.05, 0) is 12.2 Å². The zero-order chi connectivity index (χ0) is 14.1. The largest absolute Gasteiger partial charge is 0.388 e. The summed E-state index contributed by atoms with van der Waals surface area (Å²) >= 11 is 1.83. The first-order valence-electron chi connectivity index (χ1n) is 6.84. The molecule has 108 valence electrons. The Bertz CT molecular complexity index is 430. The summed E-state index contributed by atoms with van der Waals surface area (Å²) in [5, 5.41) is 18.3. The topological polar surface area (TPSA) is 50.1 Å². The zero-order valence-electron chi connectivity index (χ0n) is 12.4. The van der Waals surface area contributed by atoms with Gasteiger partial charge >= 0.3 is 0 Å². The average molecular weight is 283 g/mol. The fraction of sp³-hybridized carbons (Fsp3) is 0.786. The molecule has 2 rings (SSSR count). The van der Waals surface area contributed by atoms with Gasteiger partial charge in [-0.15, -0.1) is 0 Å². The van der Waals surface area contributed by atoms with E-state index in [9.17, 15) is 5.11 Å². The predicted octanol–water partition coefficient (Wildman–Crippen LogP) is 1.68. The van der Waals surface area contributed by atoms with Gasteiger partial charge in [-0.3, -0.25) is 4.68 Å². The van der Waals surface area contributed by atoms with Crippen LogP contribution in [0.5, 0.6) is 0 Å². The van der Waals surface area contributed by atoms with E-state index >= 15 is 0 Å². The van der Waals surface area contributed by atoms with E-state index in [4.69, 9.17) is 0 Å². The molecule has 1 aliphatic rings. The molecule has 2 N–H and O–H groups in total. The van der Waals surface area contributed by atoms with Crippen LogP contribution in [-0.4, -0.2) is 38.5 Å². The predicted molar refractivity (Wildman–Crippen MR) is 80.5 cm³/mol. The summed E-state index contributed by atoms with van der Waals surface area (Å²) in [6, 6.07) is 0. The molecule has 1 unspecified atom stereocenters. The summed E-state index contributed by atoms with van der Waals surface area (Å²) in [5.74, 6) is 1.91. The monoisotopic (exact) mass is 283 g/mol. The van der Waals surface area contributed by atoms with Crippen LogP contribution in [-0.2, 0) is 19.0 Å². The maximum absolute atomic E-state index is 10.3. The molecule has 1 aliphatic heterocycles. The molecule has 4 nitrogen and oxygen atoms in total. The summed E-state index contributed by atoms with van der Waals surface area (Å²) in [7, 11) is 1.96. The van der Waals surface area contributed by atoms with Crippen molar-refractivity contribution >= 4 is 11.8 Å². The Balaban J connectivity index is 1.96. The SMILES string of the molecule is Cn1cc(CNCC2(O)CCSC2)c(C(C)(C)C)n1. The van der Waals surface area contributed by atoms with Crippen LogP contribution in [0.1, 0.15) is 38.4 Å². The molecule has 0 radical (unpaired) electrons. The fourth-order valence-electron chi connectivity index (χ4n) is 2.46. The molecule has 0 aromatic carbocycles. The van der Waals surface area contributed by atoms with Gasteiger partial charge in [0.2, 0.25) is 0 Å². The first kappa shape index (κ1) is 14.9. The molecule has 1 aromatic heterocycles. The number of hydrogen-bond donors (Lipinski definition) is 2. The molecular formula is C14H25N3OS. The third kappa shape index (κ3) is 3.74. The lowest BCUT2D eigenvalue weighted by atomic mass is 9.89. The second-order valence-corrected chi connectivity index (χ2v) is 7.66. The number of thioether (sulfide) groups is 1. The summed E-state index contributed by atoms with van der Waals surface area (Å²) < 4.78 is 1.87. The van der Waals surface area contributed by atoms with Crippen molar-refractivity contribution in [2.24, 2.45) is 7.05 Å². The molecule has 1 saturated heterocycles. The van der Waals surface area contributed by atoms with Crippen LogP contribution in [0.15, 0.2) is 6.20 Å². The number of nitrogens with zero attached hydrogens (tertiary/aromatic N) is 2. The Morgan fingerprint density at radius 1 is 1.53 bits per heavy atom. The highest BCUT2D eigenvalue weighted by molar-refractivity contribution is 7.99. The van der Waals surface area contributed by atoms with E-state index in [1.54, 1.807) is 0 Å². The standard InChI is InChI=1S/C14H25N3OS/c1-13(2,3)12-11(8-17(4)16-12)7-15-9-14(18)5-6-19-10-14/h8,15,18H,5-7,9-10H2,1-4H3. The van der Waals surface area contributed by atoms with Gasteiger partial charge in [0.1, 0.15) is 0 Å². The Labute approximate surface area is 120 Å². The van der Waals surface area contributed by atoms with Crippen LogP contribution in [0.25, 0.3) is 0 Å². The molecular weight excluding hydrogens is 258 g/mol. The number of nitrogens with one attached hydrogen (secondary N) is 1. The number of aliphatic hydroxyl groups is 1. The highest BCUT2D eigenvalue weighted by Crippen LogP contribution is 2.27. The van der Waals surface area contributed by atoms with E-state index in [2.05, 4.69) is 37.4 Å². The average Bonchev–Trinajstić information content (AvgIpc) is 2.85. The van der Waals surface area contributed by atoms with Gasteiger partial charge in [0.05, 0.1) is 11.3 Å². The Morgan fingerprint density at radius 2 is 2.26 bits per heavy atom. The summed E-state index contributed by atoms with van der Waals surface area (Å²) in [6.07, 6.45) is 2.96. The van der Waals surface area contributed by atoms with E-state index in [0.29, 0.717) is 6.54 Å². The minimum absolute atomic E-state index is 0.0540. The molecule has 1 atom stereocenters. The highest BCUT2D eigenvalue weighted by atomic mass is 32.2. The van der Waals surface area contributed by atoms with E-state index in [1.807, 2.05) is 23.5 Å². The van der Waals surface area contributed by atoms with Crippen molar-refractivity contribution in [3.8, 4) is 0 Å². The summed E-state index contributed by atoms with van der Waals surface area (Å²) in [5.41, 5.74) is 1.90. The third-order valence-electron chi connectivity index (χ3n) is 3.47. The number of hydrogen-bond acceptors (Lipinski definition) is 4. The zero-order valence-corrected chi connectivity index (χ0v) is 13.2. The fourth-order valence-corrected chi connectivity index (χ4v) is 3.76. The van der Waals surface area contributed by atoms with Gasteiger partial charge in [-0.1, -0.05) is 20.8 Å². The van der Waals surface area contributed by atoms with Crippen molar-refractivity contribution in [2.45, 2.75) is 44.8 Å². The van der Waals surface area contributed by atoms with E-state index < -0.39 is 5.60 Å². The van der Waals surface area contributed by atoms with E-state index in [-0.39, 0.29) is 5.41 Å². The molecule has 19 heavy (non-hydrogen) atoms. The molecule has 2 heterocycles. The second kappa shape index (κ2) is 5.46. The first-order valence-corrected chi connectivity index (χ1v) is 7.99. The maximum Gasteiger partial charge on any atom is 0.0869 e. The van der Waals surface area contributed by atoms with Gasteiger partial charge in [-0.25, -0.2) is 0 Å². The molecule has 5 heteroatoms. The van der Waals surface area contributed by atoms with Crippen LogP contribution in [0.3, 0.4) is 0 Å². The van der Waals surface area contributed by atoms with Gasteiger partial charge in [0.25, 0.3) is 0 Å². The molecule has 0 bridgehead atoms. The van der Waals surface area contributed by atoms with Crippen molar-refractivity contribution in [1.29, 1.82) is 0 Å². The van der Waals surface area contributed by atoms with Crippen molar-refractivity contribution in [3.63, 3.8) is 0 Å². The second-order valence-electron chi connectivity index (χ2n) is 6.56. The minimum atomic E-state index is -0.519. The van der Waals surface area contributed by atoms with Crippen LogP contribution < -0.4 is 5.32 Å². The number of aromatic nitrogens is 2. The summed E-state index contributed by atoms with van der Waals surface area (Å²) in [6.45, 7) is 7.98. The summed E-state index contributed by atoms with van der Waals surface area (Å²) in [4.78, 5) is 0. The quantitative estimate of drug-likeness (QED) is 0.882. The van der Waals surface area contributed by atoms with Crippen LogP contribution in [0, 0.1) is 0 Å². The van der Waals surface area contributed by atoms with Crippen molar-refractivity contribution in [3.05, 3.63) is 17.5 Å². The van der Waals surface area contributed by atoms with Gasteiger partial charge in [-0.2, -0.15) is 16.9 Å². The smallest absolute Gasteiger partial charge is 0.0869 e. The van der Waals surface area contributed by atoms with Crippen LogP contribution in [0.2, 0.25) is 0 Å². The Morgan fingerprint density at radius 3 is 2.84 bits per heavy atom. The van der Waals surface area contributed by atoms with Crippen molar-refractivity contribution in [1.82, 2.24) is 15.1 Å². The normalized spacial score (nSPS) is 24.1. The third-order valence-corrected chi connectivity index (χ3v) is 4.70. The Kier molecular flexibility index (Phi) is 4.28. The highest BCUT2D eigenvalue weighted by Gasteiger charge is 2.31. The maximum atomic E-state index is 10.3. The van der Waals surface area contributed by atoms with Gasteiger partial charge in [0.15, 0.2) is 0 Å². The number of rotatable bonds is 4. The van der Waals surface area contributed by atoms with Crippen molar-refractivity contribution in [2.75, 3.05) is 18.1 Å². The molecule has 1 aromatic rings. The van der Waals surface area contributed by atoms with Crippen molar-refractivity contribution < 1.29 is 5.11 Å². The molecule has 1 fully saturated rings. The first-order chi connectivity index (χ1) is 8.80. The molecule has 0 aliphatic carbocycles. The lowest BCUT2D eigenvalue weighted by Gasteiger charge is -2.22. The van der Waals surface area contributed by atoms with Gasteiger partial charge in [0, 0.05) is 43.1 Å². The number of aryl methyl sites for hydroxylation is 1. The van der Waals surface area contributed by atoms with E-state index in [1.165, 1.54) is 5.56 Å². The molecule has 0 amide bonds. The lowest BCUT2D eigenvalue weighted by Crippen LogP contribution is -2.40. The minimum Gasteiger partial charge on any atom is -0.388 e.